The molecule has 5 heteroatoms. The smallest absolute Gasteiger partial charge is 0.274 e. The van der Waals surface area contributed by atoms with E-state index in [1.54, 1.807) is 6.20 Å². The van der Waals surface area contributed by atoms with Gasteiger partial charge in [-0.15, -0.1) is 0 Å². The number of aromatic amines is 1. The van der Waals surface area contributed by atoms with Crippen LogP contribution in [0.1, 0.15) is 21.7 Å². The van der Waals surface area contributed by atoms with E-state index in [1.807, 2.05) is 55.6 Å². The Morgan fingerprint density at radius 2 is 2.08 bits per heavy atom. The number of H-pyrrole nitrogens is 1. The van der Waals surface area contributed by atoms with E-state index in [2.05, 4.69) is 33.2 Å². The molecule has 0 bridgehead atoms. The lowest BCUT2D eigenvalue weighted by Crippen LogP contribution is -2.19. The van der Waals surface area contributed by atoms with E-state index in [1.165, 1.54) is 5.56 Å². The van der Waals surface area contributed by atoms with Crippen molar-refractivity contribution >= 4 is 28.2 Å². The zero-order valence-corrected chi connectivity index (χ0v) is 14.8. The predicted octanol–water partition coefficient (Wildman–Crippen LogP) is 4.32. The number of hydrogen-bond acceptors (Lipinski definition) is 3. The summed E-state index contributed by atoms with van der Waals surface area (Å²) in [5.41, 5.74) is 5.51. The number of benzene rings is 1. The van der Waals surface area contributed by atoms with Crippen molar-refractivity contribution < 1.29 is 4.79 Å². The number of allylic oxidation sites excluding steroid dienone is 2. The summed E-state index contributed by atoms with van der Waals surface area (Å²) in [6, 6.07) is 9.59. The zero-order valence-electron chi connectivity index (χ0n) is 14.8. The minimum Gasteiger partial charge on any atom is -0.358 e. The lowest BCUT2D eigenvalue weighted by Gasteiger charge is -2.20. The molecule has 4 rings (SSSR count). The number of nitrogens with one attached hydrogen (secondary N) is 2. The van der Waals surface area contributed by atoms with E-state index in [0.717, 1.165) is 34.5 Å². The van der Waals surface area contributed by atoms with E-state index in [4.69, 9.17) is 0 Å². The molecule has 0 aliphatic carbocycles. The van der Waals surface area contributed by atoms with Crippen molar-refractivity contribution in [2.75, 3.05) is 16.8 Å². The van der Waals surface area contributed by atoms with Crippen LogP contribution in [-0.4, -0.2) is 22.4 Å². The Morgan fingerprint density at radius 1 is 1.19 bits per heavy atom. The number of hydrogen-bond donors (Lipinski definition) is 2. The third-order valence-corrected chi connectivity index (χ3v) is 4.69. The number of aromatic nitrogens is 2. The molecule has 0 spiro atoms. The van der Waals surface area contributed by atoms with Crippen LogP contribution < -0.4 is 10.2 Å². The normalized spacial score (nSPS) is 13.4. The fourth-order valence-electron chi connectivity index (χ4n) is 3.12. The van der Waals surface area contributed by atoms with Gasteiger partial charge < -0.3 is 15.2 Å². The summed E-state index contributed by atoms with van der Waals surface area (Å²) in [5.74, 6) is -0.215. The summed E-state index contributed by atoms with van der Waals surface area (Å²) >= 11 is 0. The summed E-state index contributed by atoms with van der Waals surface area (Å²) in [6.07, 6.45) is 9.70. The first-order valence-corrected chi connectivity index (χ1v) is 8.58. The largest absolute Gasteiger partial charge is 0.358 e. The van der Waals surface area contributed by atoms with Gasteiger partial charge in [-0.25, -0.2) is 0 Å². The van der Waals surface area contributed by atoms with Crippen LogP contribution in [0.25, 0.3) is 10.9 Å². The molecule has 0 fully saturated rings. The first-order valence-electron chi connectivity index (χ1n) is 8.58. The summed E-state index contributed by atoms with van der Waals surface area (Å²) in [7, 11) is 0. The molecule has 0 saturated carbocycles. The van der Waals surface area contributed by atoms with Crippen LogP contribution in [0.5, 0.6) is 0 Å². The monoisotopic (exact) mass is 344 g/mol. The van der Waals surface area contributed by atoms with Crippen molar-refractivity contribution in [2.45, 2.75) is 13.8 Å². The van der Waals surface area contributed by atoms with Crippen molar-refractivity contribution in [2.24, 2.45) is 0 Å². The number of pyridine rings is 1. The summed E-state index contributed by atoms with van der Waals surface area (Å²) in [6.45, 7) is 4.91. The van der Waals surface area contributed by atoms with Gasteiger partial charge in [-0.2, -0.15) is 0 Å². The van der Waals surface area contributed by atoms with Crippen LogP contribution in [0.4, 0.5) is 11.4 Å². The van der Waals surface area contributed by atoms with Gasteiger partial charge >= 0.3 is 0 Å². The fourth-order valence-corrected chi connectivity index (χ4v) is 3.12. The molecule has 0 saturated heterocycles. The maximum absolute atomic E-state index is 12.6. The topological polar surface area (TPSA) is 61.0 Å². The molecular formula is C21H20N4O. The van der Waals surface area contributed by atoms with Gasteiger partial charge in [0.1, 0.15) is 5.69 Å². The van der Waals surface area contributed by atoms with Gasteiger partial charge in [0.25, 0.3) is 5.91 Å². The predicted molar refractivity (Wildman–Crippen MR) is 106 cm³/mol. The SMILES string of the molecule is Cc1[nH]c2ccc(NC(=O)c3cc(N4C=CC=CC4)ccn3)cc2c1C. The second kappa shape index (κ2) is 6.52. The van der Waals surface area contributed by atoms with Crippen molar-refractivity contribution in [1.82, 2.24) is 9.97 Å². The lowest BCUT2D eigenvalue weighted by molar-refractivity contribution is 0.102. The number of carbonyl (C=O) groups is 1. The number of fused-ring (bicyclic) bond motifs is 1. The van der Waals surface area contributed by atoms with Crippen molar-refractivity contribution in [3.63, 3.8) is 0 Å². The average molecular weight is 344 g/mol. The summed E-state index contributed by atoms with van der Waals surface area (Å²) in [4.78, 5) is 22.3. The third kappa shape index (κ3) is 2.99. The molecule has 1 aromatic carbocycles. The van der Waals surface area contributed by atoms with Gasteiger partial charge in [0.15, 0.2) is 0 Å². The van der Waals surface area contributed by atoms with Gasteiger partial charge in [0.05, 0.1) is 0 Å². The van der Waals surface area contributed by atoms with Crippen LogP contribution in [0.2, 0.25) is 0 Å². The Balaban J connectivity index is 1.57. The molecule has 3 aromatic rings. The minimum atomic E-state index is -0.215. The molecule has 0 unspecified atom stereocenters. The highest BCUT2D eigenvalue weighted by Crippen LogP contribution is 2.25. The van der Waals surface area contributed by atoms with Gasteiger partial charge in [0, 0.05) is 46.9 Å². The van der Waals surface area contributed by atoms with Gasteiger partial charge in [0.2, 0.25) is 0 Å². The number of aryl methyl sites for hydroxylation is 2. The maximum Gasteiger partial charge on any atom is 0.274 e. The van der Waals surface area contributed by atoms with E-state index in [0.29, 0.717) is 5.69 Å². The van der Waals surface area contributed by atoms with E-state index >= 15 is 0 Å². The van der Waals surface area contributed by atoms with Crippen LogP contribution in [0, 0.1) is 13.8 Å². The lowest BCUT2D eigenvalue weighted by atomic mass is 10.1. The van der Waals surface area contributed by atoms with Gasteiger partial charge in [-0.1, -0.05) is 12.2 Å². The van der Waals surface area contributed by atoms with Crippen molar-refractivity contribution in [1.29, 1.82) is 0 Å². The Bertz CT molecular complexity index is 1050. The minimum absolute atomic E-state index is 0.215. The van der Waals surface area contributed by atoms with Crippen LogP contribution in [0.3, 0.4) is 0 Å². The standard InChI is InChI=1S/C21H20N4O/c1-14-15(2)23-19-7-6-16(12-18(14)19)24-21(26)20-13-17(8-9-22-20)25-10-4-3-5-11-25/h3-10,12-13,23H,11H2,1-2H3,(H,24,26). The second-order valence-corrected chi connectivity index (χ2v) is 6.41. The molecule has 0 atom stereocenters. The average Bonchev–Trinajstić information content (AvgIpc) is 2.96. The quantitative estimate of drug-likeness (QED) is 0.744. The van der Waals surface area contributed by atoms with E-state index < -0.39 is 0 Å². The Hall–Kier alpha value is -3.34. The highest BCUT2D eigenvalue weighted by atomic mass is 16.1. The number of carbonyl (C=O) groups excluding carboxylic acids is 1. The Morgan fingerprint density at radius 3 is 2.88 bits per heavy atom. The van der Waals surface area contributed by atoms with Crippen LogP contribution in [0.15, 0.2) is 61.0 Å². The molecule has 130 valence electrons. The molecule has 3 heterocycles. The number of rotatable bonds is 3. The first-order chi connectivity index (χ1) is 12.6. The van der Waals surface area contributed by atoms with Crippen LogP contribution in [-0.2, 0) is 0 Å². The van der Waals surface area contributed by atoms with Crippen molar-refractivity contribution in [3.05, 3.63) is 77.9 Å². The number of amides is 1. The Labute approximate surface area is 152 Å². The van der Waals surface area contributed by atoms with Gasteiger partial charge in [-0.05, 0) is 55.8 Å². The zero-order chi connectivity index (χ0) is 18.1. The molecule has 1 aliphatic rings. The van der Waals surface area contributed by atoms with E-state index in [9.17, 15) is 4.79 Å². The molecule has 0 radical (unpaired) electrons. The van der Waals surface area contributed by atoms with Crippen molar-refractivity contribution in [3.8, 4) is 0 Å². The first kappa shape index (κ1) is 16.1. The molecular weight excluding hydrogens is 324 g/mol. The van der Waals surface area contributed by atoms with Crippen LogP contribution >= 0.6 is 0 Å². The molecule has 2 aromatic heterocycles. The second-order valence-electron chi connectivity index (χ2n) is 6.41. The summed E-state index contributed by atoms with van der Waals surface area (Å²) in [5, 5.41) is 4.07. The maximum atomic E-state index is 12.6. The molecule has 5 nitrogen and oxygen atoms in total. The molecule has 1 amide bonds. The Kier molecular flexibility index (Phi) is 4.05. The highest BCUT2D eigenvalue weighted by molar-refractivity contribution is 6.04. The van der Waals surface area contributed by atoms with Gasteiger partial charge in [-0.3, -0.25) is 9.78 Å². The molecule has 2 N–H and O–H groups in total. The highest BCUT2D eigenvalue weighted by Gasteiger charge is 2.12. The summed E-state index contributed by atoms with van der Waals surface area (Å²) < 4.78 is 0. The molecule has 1 aliphatic heterocycles. The third-order valence-electron chi connectivity index (χ3n) is 4.69. The molecule has 26 heavy (non-hydrogen) atoms. The fraction of sp³-hybridized carbons (Fsp3) is 0.143. The van der Waals surface area contributed by atoms with E-state index in [-0.39, 0.29) is 5.91 Å². The number of nitrogens with zero attached hydrogens (tertiary/aromatic N) is 2. The number of anilines is 2.